The van der Waals surface area contributed by atoms with Crippen LogP contribution in [0.2, 0.25) is 15.1 Å². The number of hydrogen-bond acceptors (Lipinski definition) is 12. The first-order valence-corrected chi connectivity index (χ1v) is 15.4. The maximum atomic E-state index is 10.7. The molecule has 3 aromatic rings. The van der Waals surface area contributed by atoms with E-state index in [-0.39, 0.29) is 48.6 Å². The zero-order valence-electron chi connectivity index (χ0n) is 20.5. The van der Waals surface area contributed by atoms with Crippen molar-refractivity contribution in [3.8, 4) is 0 Å². The molecule has 40 heavy (non-hydrogen) atoms. The van der Waals surface area contributed by atoms with E-state index in [4.69, 9.17) is 52.0 Å². The van der Waals surface area contributed by atoms with E-state index >= 15 is 0 Å². The topological polar surface area (TPSA) is 250 Å². The average Bonchev–Trinajstić information content (AvgIpc) is 2.74. The molecule has 0 fully saturated rings. The third-order valence-electron chi connectivity index (χ3n) is 4.52. The van der Waals surface area contributed by atoms with Gasteiger partial charge in [0.2, 0.25) is 0 Å². The number of anilines is 3. The molecule has 6 N–H and O–H groups in total. The Kier molecular flexibility index (Phi) is 13.7. The van der Waals surface area contributed by atoms with Crippen molar-refractivity contribution in [1.29, 1.82) is 0 Å². The second kappa shape index (κ2) is 14.4. The smallest absolute Gasteiger partial charge is 0.744 e. The van der Waals surface area contributed by atoms with Crippen LogP contribution in [0.15, 0.2) is 51.1 Å². The minimum atomic E-state index is -4.54. The molecule has 0 bridgehead atoms. The van der Waals surface area contributed by atoms with Crippen molar-refractivity contribution in [2.24, 2.45) is 0 Å². The predicted molar refractivity (Wildman–Crippen MR) is 146 cm³/mol. The SMILES string of the molecule is Cc1cc(Cl)c(N)c(S(=O)(=O)[O-])c1.Cc1cc(Cl)c(N)c(S(=O)(=O)[O-])c1.Cc1cc(Cl)c(N)c(S(=O)(=O)[O-])c1.[Ni+3]. The van der Waals surface area contributed by atoms with Gasteiger partial charge in [-0.15, -0.1) is 0 Å². The number of benzene rings is 3. The molecule has 223 valence electrons. The first-order chi connectivity index (χ1) is 17.5. The number of halogens is 3. The third kappa shape index (κ3) is 10.9. The van der Waals surface area contributed by atoms with E-state index in [1.54, 1.807) is 20.8 Å². The van der Waals surface area contributed by atoms with E-state index in [2.05, 4.69) is 0 Å². The largest absolute Gasteiger partial charge is 3.00 e. The summed E-state index contributed by atoms with van der Waals surface area (Å²) in [6.45, 7) is 4.88. The van der Waals surface area contributed by atoms with E-state index in [9.17, 15) is 38.9 Å². The van der Waals surface area contributed by atoms with Gasteiger partial charge in [-0.2, -0.15) is 0 Å². The van der Waals surface area contributed by atoms with Crippen molar-refractivity contribution in [2.45, 2.75) is 35.5 Å². The Morgan fingerprint density at radius 1 is 0.500 bits per heavy atom. The number of rotatable bonds is 3. The fourth-order valence-corrected chi connectivity index (χ4v) is 5.90. The van der Waals surface area contributed by atoms with Crippen molar-refractivity contribution in [1.82, 2.24) is 0 Å². The van der Waals surface area contributed by atoms with Gasteiger partial charge in [0.15, 0.2) is 0 Å². The molecular formula is C21H21Cl3N3NiO9S3. The van der Waals surface area contributed by atoms with Crippen molar-refractivity contribution in [3.05, 3.63) is 68.2 Å². The molecule has 19 heteroatoms. The van der Waals surface area contributed by atoms with Crippen LogP contribution in [-0.2, 0) is 46.8 Å². The van der Waals surface area contributed by atoms with Gasteiger partial charge in [-0.1, -0.05) is 34.8 Å². The standard InChI is InChI=1S/3C7H8ClNO3S.Ni/c3*1-4-2-5(8)7(9)6(3-4)13(10,11)12;/h3*2-3H,9H2,1H3,(H,10,11,12);/q;;;+3/p-3. The van der Waals surface area contributed by atoms with Crippen LogP contribution < -0.4 is 17.2 Å². The van der Waals surface area contributed by atoms with Crippen LogP contribution in [0.1, 0.15) is 16.7 Å². The van der Waals surface area contributed by atoms with E-state index in [0.717, 1.165) is 0 Å². The number of nitrogens with two attached hydrogens (primary N) is 3. The van der Waals surface area contributed by atoms with Crippen molar-refractivity contribution >= 4 is 82.2 Å². The molecule has 3 rings (SSSR count). The Balaban J connectivity index is 0.000000563. The molecule has 0 aliphatic rings. The summed E-state index contributed by atoms with van der Waals surface area (Å²) in [6, 6.07) is 8.07. The van der Waals surface area contributed by atoms with Gasteiger partial charge in [-0.25, -0.2) is 25.3 Å². The Bertz CT molecular complexity index is 1530. The van der Waals surface area contributed by atoms with Crippen LogP contribution in [0.4, 0.5) is 17.1 Å². The quantitative estimate of drug-likeness (QED) is 0.200. The molecular weight excluding hydrogens is 699 g/mol. The molecule has 0 aromatic heterocycles. The Morgan fingerprint density at radius 3 is 0.825 bits per heavy atom. The van der Waals surface area contributed by atoms with Crippen molar-refractivity contribution in [3.63, 3.8) is 0 Å². The van der Waals surface area contributed by atoms with Crippen LogP contribution in [0, 0.1) is 20.8 Å². The van der Waals surface area contributed by atoms with E-state index in [1.807, 2.05) is 0 Å². The minimum Gasteiger partial charge on any atom is -0.744 e. The van der Waals surface area contributed by atoms with E-state index < -0.39 is 45.0 Å². The fraction of sp³-hybridized carbons (Fsp3) is 0.143. The molecule has 1 radical (unpaired) electrons. The van der Waals surface area contributed by atoms with Crippen LogP contribution in [0.25, 0.3) is 0 Å². The molecule has 0 heterocycles. The number of nitrogen functional groups attached to an aromatic ring is 3. The molecule has 3 aromatic carbocycles. The van der Waals surface area contributed by atoms with Crippen LogP contribution in [0.5, 0.6) is 0 Å². The zero-order chi connectivity index (χ0) is 30.7. The Hall–Kier alpha value is -1.85. The van der Waals surface area contributed by atoms with Gasteiger partial charge in [-0.3, -0.25) is 0 Å². The van der Waals surface area contributed by atoms with Crippen LogP contribution in [-0.4, -0.2) is 38.9 Å². The fourth-order valence-electron chi connectivity index (χ4n) is 2.79. The van der Waals surface area contributed by atoms with Gasteiger partial charge >= 0.3 is 16.5 Å². The van der Waals surface area contributed by atoms with Crippen LogP contribution in [0.3, 0.4) is 0 Å². The first kappa shape index (κ1) is 38.2. The van der Waals surface area contributed by atoms with Gasteiger partial charge in [0.25, 0.3) is 0 Å². The molecule has 0 unspecified atom stereocenters. The molecule has 0 saturated heterocycles. The molecule has 0 aliphatic carbocycles. The second-order valence-electron chi connectivity index (χ2n) is 7.84. The Labute approximate surface area is 257 Å². The molecule has 0 atom stereocenters. The van der Waals surface area contributed by atoms with Gasteiger partial charge in [0, 0.05) is 0 Å². The average molecular weight is 721 g/mol. The van der Waals surface area contributed by atoms with E-state index in [1.165, 1.54) is 36.4 Å². The molecule has 0 amide bonds. The summed E-state index contributed by atoms with van der Waals surface area (Å²) in [5, 5.41) is 0.235. The van der Waals surface area contributed by atoms with Gasteiger partial charge in [0.05, 0.1) is 46.8 Å². The van der Waals surface area contributed by atoms with Crippen LogP contribution >= 0.6 is 34.8 Å². The molecule has 0 saturated carbocycles. The maximum absolute atomic E-state index is 10.7. The zero-order valence-corrected chi connectivity index (χ0v) is 26.3. The number of aryl methyl sites for hydroxylation is 3. The first-order valence-electron chi connectivity index (χ1n) is 10.0. The minimum absolute atomic E-state index is 0. The normalized spacial score (nSPS) is 11.3. The summed E-state index contributed by atoms with van der Waals surface area (Å²) in [4.78, 5) is -1.38. The van der Waals surface area contributed by atoms with Gasteiger partial charge in [-0.05, 0) is 73.9 Å². The van der Waals surface area contributed by atoms with Gasteiger partial charge in [0.1, 0.15) is 30.4 Å². The molecule has 12 nitrogen and oxygen atoms in total. The van der Waals surface area contributed by atoms with Crippen molar-refractivity contribution < 1.29 is 55.4 Å². The molecule has 0 spiro atoms. The summed E-state index contributed by atoms with van der Waals surface area (Å²) in [5.41, 5.74) is 17.1. The van der Waals surface area contributed by atoms with Crippen molar-refractivity contribution in [2.75, 3.05) is 17.2 Å². The monoisotopic (exact) mass is 718 g/mol. The maximum Gasteiger partial charge on any atom is 3.00 e. The van der Waals surface area contributed by atoms with E-state index in [0.29, 0.717) is 16.7 Å². The summed E-state index contributed by atoms with van der Waals surface area (Å²) < 4.78 is 96.0. The summed E-state index contributed by atoms with van der Waals surface area (Å²) >= 11 is 16.8. The summed E-state index contributed by atoms with van der Waals surface area (Å²) in [7, 11) is -13.6. The summed E-state index contributed by atoms with van der Waals surface area (Å²) in [5.74, 6) is 0. The second-order valence-corrected chi connectivity index (χ2v) is 13.1. The Morgan fingerprint density at radius 2 is 0.675 bits per heavy atom. The number of hydrogen-bond donors (Lipinski definition) is 3. The third-order valence-corrected chi connectivity index (χ3v) is 8.08. The molecule has 0 aliphatic heterocycles. The predicted octanol–water partition coefficient (Wildman–Crippen LogP) is 3.40. The summed E-state index contributed by atoms with van der Waals surface area (Å²) in [6.07, 6.45) is 0. The van der Waals surface area contributed by atoms with Gasteiger partial charge < -0.3 is 30.9 Å².